The van der Waals surface area contributed by atoms with E-state index in [4.69, 9.17) is 14.5 Å². The van der Waals surface area contributed by atoms with E-state index in [9.17, 15) is 31.2 Å². The van der Waals surface area contributed by atoms with Crippen molar-refractivity contribution in [3.63, 3.8) is 0 Å². The highest BCUT2D eigenvalue weighted by Crippen LogP contribution is 2.31. The number of nitrogens with one attached hydrogen (secondary N) is 1. The Morgan fingerprint density at radius 2 is 1.80 bits per heavy atom. The monoisotopic (exact) mass is 729 g/mol. The van der Waals surface area contributed by atoms with E-state index in [0.29, 0.717) is 68.7 Å². The number of carbonyl (C=O) groups is 1. The van der Waals surface area contributed by atoms with Gasteiger partial charge in [-0.2, -0.15) is 0 Å². The van der Waals surface area contributed by atoms with E-state index in [1.165, 1.54) is 15.5 Å². The fourth-order valence-corrected chi connectivity index (χ4v) is 6.60. The summed E-state index contributed by atoms with van der Waals surface area (Å²) < 4.78 is 82.2. The van der Waals surface area contributed by atoms with E-state index in [-0.39, 0.29) is 37.3 Å². The fourth-order valence-electron chi connectivity index (χ4n) is 6.12. The van der Waals surface area contributed by atoms with E-state index < -0.39 is 44.8 Å². The number of hydrogen-bond acceptors (Lipinski definition) is 8. The van der Waals surface area contributed by atoms with Crippen LogP contribution in [0.25, 0.3) is 16.6 Å². The van der Waals surface area contributed by atoms with Crippen molar-refractivity contribution in [2.24, 2.45) is 0 Å². The highest BCUT2D eigenvalue weighted by molar-refractivity contribution is 7.88. The van der Waals surface area contributed by atoms with Gasteiger partial charge < -0.3 is 14.4 Å². The second-order valence-corrected chi connectivity index (χ2v) is 14.3. The van der Waals surface area contributed by atoms with Crippen LogP contribution in [-0.4, -0.2) is 92.5 Å². The number of rotatable bonds is 15. The number of aromatic nitrogens is 2. The number of amides is 1. The third-order valence-electron chi connectivity index (χ3n) is 8.61. The first-order valence-corrected chi connectivity index (χ1v) is 18.6. The van der Waals surface area contributed by atoms with Crippen LogP contribution in [0.1, 0.15) is 43.3 Å². The van der Waals surface area contributed by atoms with Gasteiger partial charge in [-0.3, -0.25) is 19.1 Å². The second-order valence-electron chi connectivity index (χ2n) is 12.4. The number of alkyl halides is 2. The van der Waals surface area contributed by atoms with Crippen LogP contribution in [0.5, 0.6) is 5.75 Å². The molecule has 1 amide bonds. The lowest BCUT2D eigenvalue weighted by molar-refractivity contribution is -0.133. The zero-order chi connectivity index (χ0) is 36.8. The van der Waals surface area contributed by atoms with Crippen LogP contribution in [0, 0.1) is 5.82 Å². The number of fused-ring (bicyclic) bond motifs is 1. The average molecular weight is 730 g/mol. The number of morpholine rings is 1. The lowest BCUT2D eigenvalue weighted by Gasteiger charge is -2.35. The molecule has 1 aromatic heterocycles. The van der Waals surface area contributed by atoms with Crippen molar-refractivity contribution in [2.45, 2.75) is 38.7 Å². The van der Waals surface area contributed by atoms with Gasteiger partial charge in [-0.25, -0.2) is 31.3 Å². The zero-order valence-electron chi connectivity index (χ0n) is 28.8. The molecule has 0 saturated carbocycles. The average Bonchev–Trinajstić information content (AvgIpc) is 3.07. The summed E-state index contributed by atoms with van der Waals surface area (Å²) in [7, 11) is -3.64. The van der Waals surface area contributed by atoms with Gasteiger partial charge in [0.05, 0.1) is 60.7 Å². The van der Waals surface area contributed by atoms with Crippen LogP contribution in [0.3, 0.4) is 0 Å². The van der Waals surface area contributed by atoms with Gasteiger partial charge in [-0.1, -0.05) is 18.2 Å². The molecule has 15 heteroatoms. The highest BCUT2D eigenvalue weighted by atomic mass is 32.2. The molecule has 1 N–H and O–H groups in total. The number of hydrogen-bond donors (Lipinski definition) is 1. The minimum atomic E-state index is -3.64. The Balaban J connectivity index is 1.65. The molecular formula is C36H42F3N5O6S. The van der Waals surface area contributed by atoms with Crippen LogP contribution >= 0.6 is 0 Å². The number of para-hydroxylation sites is 1. The summed E-state index contributed by atoms with van der Waals surface area (Å²) in [6.45, 7) is 5.55. The molecule has 0 aliphatic carbocycles. The van der Waals surface area contributed by atoms with Gasteiger partial charge in [-0.05, 0) is 67.4 Å². The summed E-state index contributed by atoms with van der Waals surface area (Å²) in [5.74, 6) is -4.29. The highest BCUT2D eigenvalue weighted by Gasteiger charge is 2.32. The maximum absolute atomic E-state index is 14.9. The van der Waals surface area contributed by atoms with Crippen molar-refractivity contribution in [1.29, 1.82) is 0 Å². The minimum absolute atomic E-state index is 0.0130. The predicted octanol–water partition coefficient (Wildman–Crippen LogP) is 4.42. The first kappa shape index (κ1) is 37.9. The molecule has 5 rings (SSSR count). The number of carbonyl (C=O) groups excluding carboxylic acids is 1. The Morgan fingerprint density at radius 1 is 1.10 bits per heavy atom. The third kappa shape index (κ3) is 9.73. The number of benzene rings is 3. The largest absolute Gasteiger partial charge is 0.494 e. The number of nitrogens with zero attached hydrogens (tertiary/aromatic N) is 4. The molecule has 3 aromatic carbocycles. The first-order valence-electron chi connectivity index (χ1n) is 16.7. The van der Waals surface area contributed by atoms with Crippen molar-refractivity contribution >= 4 is 26.8 Å². The fraction of sp³-hybridized carbons (Fsp3) is 0.417. The van der Waals surface area contributed by atoms with Crippen molar-refractivity contribution in [3.8, 4) is 11.4 Å². The topological polar surface area (TPSA) is 123 Å². The van der Waals surface area contributed by atoms with Crippen molar-refractivity contribution < 1.29 is 35.9 Å². The molecule has 1 aliphatic heterocycles. The van der Waals surface area contributed by atoms with Crippen molar-refractivity contribution in [3.05, 3.63) is 99.9 Å². The van der Waals surface area contributed by atoms with E-state index in [1.54, 1.807) is 48.5 Å². The smallest absolute Gasteiger partial charge is 0.273 e. The number of sulfonamides is 1. The lowest BCUT2D eigenvalue weighted by atomic mass is 10.0. The van der Waals surface area contributed by atoms with Gasteiger partial charge in [0.25, 0.3) is 11.5 Å². The Labute approximate surface area is 295 Å². The van der Waals surface area contributed by atoms with Crippen LogP contribution in [0.4, 0.5) is 13.2 Å². The number of halogens is 3. The summed E-state index contributed by atoms with van der Waals surface area (Å²) in [6.07, 6.45) is 0.678. The molecule has 1 aliphatic rings. The van der Waals surface area contributed by atoms with Gasteiger partial charge in [0.2, 0.25) is 15.9 Å². The molecule has 51 heavy (non-hydrogen) atoms. The second kappa shape index (κ2) is 16.4. The Morgan fingerprint density at radius 3 is 2.45 bits per heavy atom. The molecule has 1 atom stereocenters. The quantitative estimate of drug-likeness (QED) is 0.191. The molecular weight excluding hydrogens is 687 g/mol. The SMILES string of the molecule is CCOc1ccc(-n2c(C(CCNS(C)(=O)=O)N(CCN3CCOCC3)C(=O)Cc3ccc(C(C)(F)F)c(F)c3)nc3ccccc3c2=O)cc1. The molecule has 4 aromatic rings. The zero-order valence-corrected chi connectivity index (χ0v) is 29.6. The summed E-state index contributed by atoms with van der Waals surface area (Å²) in [6, 6.07) is 15.8. The normalized spacial score (nSPS) is 14.8. The van der Waals surface area contributed by atoms with E-state index in [1.807, 2.05) is 6.92 Å². The van der Waals surface area contributed by atoms with Crippen LogP contribution in [0.15, 0.2) is 71.5 Å². The van der Waals surface area contributed by atoms with Crippen LogP contribution in [0.2, 0.25) is 0 Å². The molecule has 1 saturated heterocycles. The maximum Gasteiger partial charge on any atom is 0.273 e. The molecule has 1 unspecified atom stereocenters. The Bertz CT molecular complexity index is 2000. The molecule has 274 valence electrons. The molecule has 0 bridgehead atoms. The number of ether oxygens (including phenoxy) is 2. The lowest BCUT2D eigenvalue weighted by Crippen LogP contribution is -2.46. The van der Waals surface area contributed by atoms with Crippen molar-refractivity contribution in [1.82, 2.24) is 24.1 Å². The van der Waals surface area contributed by atoms with Gasteiger partial charge >= 0.3 is 0 Å². The predicted molar refractivity (Wildman–Crippen MR) is 187 cm³/mol. The van der Waals surface area contributed by atoms with Crippen molar-refractivity contribution in [2.75, 3.05) is 58.8 Å². The molecule has 1 fully saturated rings. The summed E-state index contributed by atoms with van der Waals surface area (Å²) in [5, 5.41) is 0.331. The van der Waals surface area contributed by atoms with Gasteiger partial charge in [0.1, 0.15) is 17.4 Å². The molecule has 11 nitrogen and oxygen atoms in total. The Hall–Kier alpha value is -4.31. The summed E-state index contributed by atoms with van der Waals surface area (Å²) in [5.41, 5.74) is -0.201. The van der Waals surface area contributed by atoms with E-state index in [2.05, 4.69) is 9.62 Å². The van der Waals surface area contributed by atoms with Crippen LogP contribution in [-0.2, 0) is 31.9 Å². The van der Waals surface area contributed by atoms with E-state index >= 15 is 0 Å². The standard InChI is InChI=1S/C36H42F3N5O6S/c1-4-50-27-12-10-26(11-13-27)44-34(41-31-8-6-5-7-28(31)35(44)46)32(15-16-40-51(3,47)48)43(18-17-42-19-21-49-22-20-42)33(45)24-25-9-14-29(30(37)23-25)36(2,38)39/h5-14,23,32,40H,4,15-22,24H2,1-3H3. The van der Waals surface area contributed by atoms with E-state index in [0.717, 1.165) is 18.4 Å². The molecule has 0 spiro atoms. The van der Waals surface area contributed by atoms with Gasteiger partial charge in [0, 0.05) is 39.6 Å². The van der Waals surface area contributed by atoms with Crippen LogP contribution < -0.4 is 15.0 Å². The first-order chi connectivity index (χ1) is 24.2. The third-order valence-corrected chi connectivity index (χ3v) is 9.34. The minimum Gasteiger partial charge on any atom is -0.494 e. The molecule has 2 heterocycles. The molecule has 0 radical (unpaired) electrons. The van der Waals surface area contributed by atoms with Gasteiger partial charge in [-0.15, -0.1) is 0 Å². The summed E-state index contributed by atoms with van der Waals surface area (Å²) >= 11 is 0. The Kier molecular flexibility index (Phi) is 12.2. The maximum atomic E-state index is 14.9. The van der Waals surface area contributed by atoms with Gasteiger partial charge in [0.15, 0.2) is 0 Å². The summed E-state index contributed by atoms with van der Waals surface area (Å²) in [4.78, 5) is 37.3.